The van der Waals surface area contributed by atoms with E-state index in [0.717, 1.165) is 0 Å². The van der Waals surface area contributed by atoms with Gasteiger partial charge in [0.2, 0.25) is 0 Å². The summed E-state index contributed by atoms with van der Waals surface area (Å²) in [4.78, 5) is 0.240. The van der Waals surface area contributed by atoms with Crippen LogP contribution in [0.5, 0.6) is 5.75 Å². The molecule has 0 aromatic heterocycles. The molecule has 0 heterocycles. The van der Waals surface area contributed by atoms with Crippen LogP contribution in [0.25, 0.3) is 0 Å². The molecule has 136 valence electrons. The van der Waals surface area contributed by atoms with Crippen LogP contribution in [0.15, 0.2) is 40.9 Å². The normalized spacial score (nSPS) is 12.7. The second-order valence-electron chi connectivity index (χ2n) is 4.76. The summed E-state index contributed by atoms with van der Waals surface area (Å²) in [6.07, 6.45) is 1.55. The zero-order valence-electron chi connectivity index (χ0n) is 14.7. The average Bonchev–Trinajstić information content (AvgIpc) is 2.55. The van der Waals surface area contributed by atoms with Crippen LogP contribution in [0.2, 0.25) is 0 Å². The Balaban J connectivity index is 2.90. The van der Waals surface area contributed by atoms with Gasteiger partial charge in [-0.15, -0.1) is 0 Å². The SMILES string of the molecule is CCO[Si](/C=C/CS(=O)(=O)c1ccc(OC)cc1)(OCC)OCC. The van der Waals surface area contributed by atoms with Crippen molar-refractivity contribution >= 4 is 18.6 Å². The summed E-state index contributed by atoms with van der Waals surface area (Å²) in [7, 11) is -4.88. The van der Waals surface area contributed by atoms with Crippen LogP contribution < -0.4 is 4.74 Å². The minimum Gasteiger partial charge on any atom is -0.497 e. The highest BCUT2D eigenvalue weighted by molar-refractivity contribution is 7.91. The standard InChI is InChI=1S/C16H26O6SSi/c1-5-20-24(21-6-2,22-7-3)14-8-13-23(17,18)16-11-9-15(19-4)10-12-16/h8-12,14H,5-7,13H2,1-4H3/b14-8+. The highest BCUT2D eigenvalue weighted by atomic mass is 32.2. The molecule has 0 saturated carbocycles. The van der Waals surface area contributed by atoms with Gasteiger partial charge in [-0.25, -0.2) is 8.42 Å². The zero-order valence-corrected chi connectivity index (χ0v) is 16.5. The Hall–Kier alpha value is -1.19. The van der Waals surface area contributed by atoms with E-state index in [1.807, 2.05) is 20.8 Å². The maximum Gasteiger partial charge on any atom is 0.529 e. The molecule has 6 nitrogen and oxygen atoms in total. The fraction of sp³-hybridized carbons (Fsp3) is 0.500. The lowest BCUT2D eigenvalue weighted by Crippen LogP contribution is -2.44. The Morgan fingerprint density at radius 3 is 1.88 bits per heavy atom. The molecule has 0 aliphatic carbocycles. The molecule has 0 aliphatic heterocycles. The molecule has 8 heteroatoms. The number of ether oxygens (including phenoxy) is 1. The minimum absolute atomic E-state index is 0.151. The van der Waals surface area contributed by atoms with Gasteiger partial charge >= 0.3 is 8.80 Å². The molecular weight excluding hydrogens is 348 g/mol. The Bertz CT molecular complexity index is 595. The van der Waals surface area contributed by atoms with Gasteiger partial charge in [0, 0.05) is 19.8 Å². The van der Waals surface area contributed by atoms with E-state index in [-0.39, 0.29) is 10.6 Å². The average molecular weight is 375 g/mol. The van der Waals surface area contributed by atoms with E-state index in [1.54, 1.807) is 23.9 Å². The molecule has 1 aromatic rings. The van der Waals surface area contributed by atoms with Crippen LogP contribution in [0.3, 0.4) is 0 Å². The third-order valence-electron chi connectivity index (χ3n) is 3.09. The van der Waals surface area contributed by atoms with Crippen molar-refractivity contribution in [3.8, 4) is 5.75 Å². The van der Waals surface area contributed by atoms with Crippen molar-refractivity contribution in [2.45, 2.75) is 25.7 Å². The van der Waals surface area contributed by atoms with E-state index in [4.69, 9.17) is 18.0 Å². The van der Waals surface area contributed by atoms with Gasteiger partial charge in [-0.05, 0) is 50.7 Å². The molecule has 0 atom stereocenters. The second-order valence-corrected chi connectivity index (χ2v) is 9.20. The first-order valence-electron chi connectivity index (χ1n) is 7.89. The Morgan fingerprint density at radius 1 is 0.958 bits per heavy atom. The molecule has 0 bridgehead atoms. The third kappa shape index (κ3) is 6.03. The summed E-state index contributed by atoms with van der Waals surface area (Å²) < 4.78 is 46.8. The van der Waals surface area contributed by atoms with Gasteiger partial charge in [-0.1, -0.05) is 6.08 Å². The monoisotopic (exact) mass is 374 g/mol. The van der Waals surface area contributed by atoms with Crippen molar-refractivity contribution in [2.24, 2.45) is 0 Å². The maximum atomic E-state index is 12.4. The largest absolute Gasteiger partial charge is 0.529 e. The highest BCUT2D eigenvalue weighted by Crippen LogP contribution is 2.18. The van der Waals surface area contributed by atoms with Crippen molar-refractivity contribution in [1.82, 2.24) is 0 Å². The van der Waals surface area contributed by atoms with Crippen LogP contribution in [0, 0.1) is 0 Å². The molecule has 1 aromatic carbocycles. The van der Waals surface area contributed by atoms with E-state index >= 15 is 0 Å². The summed E-state index contributed by atoms with van der Waals surface area (Å²) in [5.74, 6) is 0.460. The quantitative estimate of drug-likeness (QED) is 0.555. The van der Waals surface area contributed by atoms with Crippen molar-refractivity contribution in [3.63, 3.8) is 0 Å². The molecule has 0 N–H and O–H groups in total. The van der Waals surface area contributed by atoms with E-state index < -0.39 is 18.6 Å². The summed E-state index contributed by atoms with van der Waals surface area (Å²) in [6, 6.07) is 6.30. The topological polar surface area (TPSA) is 71.1 Å². The molecule has 0 amide bonds. The molecule has 0 spiro atoms. The second kappa shape index (κ2) is 9.95. The van der Waals surface area contributed by atoms with E-state index in [2.05, 4.69) is 0 Å². The van der Waals surface area contributed by atoms with Gasteiger partial charge in [-0.2, -0.15) is 0 Å². The summed E-state index contributed by atoms with van der Waals surface area (Å²) >= 11 is 0. The highest BCUT2D eigenvalue weighted by Gasteiger charge is 2.37. The number of methoxy groups -OCH3 is 1. The number of hydrogen-bond donors (Lipinski definition) is 0. The lowest BCUT2D eigenvalue weighted by Gasteiger charge is -2.25. The molecule has 0 saturated heterocycles. The van der Waals surface area contributed by atoms with Crippen LogP contribution >= 0.6 is 0 Å². The lowest BCUT2D eigenvalue weighted by molar-refractivity contribution is 0.0842. The van der Waals surface area contributed by atoms with Crippen molar-refractivity contribution in [3.05, 3.63) is 36.0 Å². The summed E-state index contributed by atoms with van der Waals surface area (Å²) in [5.41, 5.74) is 1.64. The van der Waals surface area contributed by atoms with Gasteiger partial charge in [0.1, 0.15) is 5.75 Å². The fourth-order valence-corrected chi connectivity index (χ4v) is 5.49. The maximum absolute atomic E-state index is 12.4. The predicted octanol–water partition coefficient (Wildman–Crippen LogP) is 2.61. The van der Waals surface area contributed by atoms with Gasteiger partial charge in [-0.3, -0.25) is 0 Å². The van der Waals surface area contributed by atoms with E-state index in [9.17, 15) is 8.42 Å². The van der Waals surface area contributed by atoms with E-state index in [1.165, 1.54) is 19.2 Å². The number of benzene rings is 1. The minimum atomic E-state index is -3.44. The summed E-state index contributed by atoms with van der Waals surface area (Å²) in [6.45, 7) is 6.84. The summed E-state index contributed by atoms with van der Waals surface area (Å²) in [5, 5.41) is 0. The first-order chi connectivity index (χ1) is 11.4. The van der Waals surface area contributed by atoms with Gasteiger partial charge in [0.15, 0.2) is 9.84 Å². The van der Waals surface area contributed by atoms with Gasteiger partial charge < -0.3 is 18.0 Å². The van der Waals surface area contributed by atoms with Crippen molar-refractivity contribution in [1.29, 1.82) is 0 Å². The Kier molecular flexibility index (Phi) is 8.64. The zero-order chi connectivity index (χ0) is 18.1. The smallest absolute Gasteiger partial charge is 0.497 e. The lowest BCUT2D eigenvalue weighted by atomic mass is 10.3. The molecular formula is C16H26O6SSi. The molecule has 1 rings (SSSR count). The fourth-order valence-electron chi connectivity index (χ4n) is 2.07. The first kappa shape index (κ1) is 20.9. The van der Waals surface area contributed by atoms with Crippen LogP contribution in [0.1, 0.15) is 20.8 Å². The van der Waals surface area contributed by atoms with Crippen LogP contribution in [-0.4, -0.2) is 49.9 Å². The third-order valence-corrected chi connectivity index (χ3v) is 7.43. The Morgan fingerprint density at radius 2 is 1.46 bits per heavy atom. The van der Waals surface area contributed by atoms with Gasteiger partial charge in [0.25, 0.3) is 0 Å². The van der Waals surface area contributed by atoms with E-state index in [0.29, 0.717) is 25.6 Å². The van der Waals surface area contributed by atoms with Crippen LogP contribution in [-0.2, 0) is 23.1 Å². The Labute approximate surface area is 145 Å². The first-order valence-corrected chi connectivity index (χ1v) is 11.3. The molecule has 24 heavy (non-hydrogen) atoms. The number of hydrogen-bond acceptors (Lipinski definition) is 6. The van der Waals surface area contributed by atoms with Crippen molar-refractivity contribution < 1.29 is 26.4 Å². The van der Waals surface area contributed by atoms with Crippen LogP contribution in [0.4, 0.5) is 0 Å². The molecule has 0 fully saturated rings. The molecule has 0 aliphatic rings. The molecule has 0 radical (unpaired) electrons. The van der Waals surface area contributed by atoms with Gasteiger partial charge in [0.05, 0.1) is 17.8 Å². The predicted molar refractivity (Wildman–Crippen MR) is 94.8 cm³/mol. The number of rotatable bonds is 11. The molecule has 0 unspecified atom stereocenters. The van der Waals surface area contributed by atoms with Crippen molar-refractivity contribution in [2.75, 3.05) is 32.7 Å². The number of sulfone groups is 1.